The molecule has 20 heavy (non-hydrogen) atoms. The molecule has 2 rings (SSSR count). The topological polar surface area (TPSA) is 32.3 Å². The minimum atomic E-state index is -0.602. The van der Waals surface area contributed by atoms with E-state index in [1.54, 1.807) is 0 Å². The lowest BCUT2D eigenvalue weighted by atomic mass is 9.75. The molecule has 1 unspecified atom stereocenters. The largest absolute Gasteiger partial charge is 0.389 e. The maximum absolute atomic E-state index is 10.3. The Morgan fingerprint density at radius 3 is 2.70 bits per heavy atom. The van der Waals surface area contributed by atoms with E-state index in [1.165, 1.54) is 5.56 Å². The molecule has 0 spiro atoms. The van der Waals surface area contributed by atoms with Crippen LogP contribution < -0.4 is 5.32 Å². The van der Waals surface area contributed by atoms with E-state index < -0.39 is 5.60 Å². The Balaban J connectivity index is 1.74. The molecule has 2 N–H and O–H groups in total. The van der Waals surface area contributed by atoms with Crippen LogP contribution in [0.5, 0.6) is 0 Å². The van der Waals surface area contributed by atoms with Crippen molar-refractivity contribution in [1.29, 1.82) is 0 Å². The van der Waals surface area contributed by atoms with Gasteiger partial charge >= 0.3 is 0 Å². The van der Waals surface area contributed by atoms with Crippen LogP contribution in [0.1, 0.15) is 51.5 Å². The van der Waals surface area contributed by atoms with Gasteiger partial charge in [0.15, 0.2) is 0 Å². The van der Waals surface area contributed by atoms with Crippen LogP contribution in [0.3, 0.4) is 0 Å². The lowest BCUT2D eigenvalue weighted by Crippen LogP contribution is -2.47. The monoisotopic (exact) mass is 295 g/mol. The summed E-state index contributed by atoms with van der Waals surface area (Å²) in [5, 5.41) is 14.6. The molecule has 0 bridgehead atoms. The van der Waals surface area contributed by atoms with Crippen molar-refractivity contribution in [3.05, 3.63) is 34.9 Å². The fraction of sp³-hybridized carbons (Fsp3) is 0.647. The molecular formula is C17H26ClNO. The van der Waals surface area contributed by atoms with Crippen molar-refractivity contribution in [2.45, 2.75) is 57.6 Å². The Bertz CT molecular complexity index is 438. The zero-order valence-electron chi connectivity index (χ0n) is 12.7. The molecule has 0 radical (unpaired) electrons. The molecule has 1 fully saturated rings. The predicted octanol–water partition coefficient (Wildman–Crippen LogP) is 3.97. The minimum Gasteiger partial charge on any atom is -0.389 e. The molecule has 112 valence electrons. The van der Waals surface area contributed by atoms with Crippen LogP contribution in [0.15, 0.2) is 24.3 Å². The van der Waals surface area contributed by atoms with Gasteiger partial charge in [0.05, 0.1) is 5.60 Å². The Kier molecular flexibility index (Phi) is 5.11. The second kappa shape index (κ2) is 6.46. The fourth-order valence-electron chi connectivity index (χ4n) is 3.13. The summed E-state index contributed by atoms with van der Waals surface area (Å²) in [4.78, 5) is 0. The van der Waals surface area contributed by atoms with E-state index >= 15 is 0 Å². The van der Waals surface area contributed by atoms with Gasteiger partial charge in [-0.05, 0) is 55.7 Å². The second-order valence-corrected chi connectivity index (χ2v) is 7.33. The van der Waals surface area contributed by atoms with Gasteiger partial charge in [-0.25, -0.2) is 0 Å². The summed E-state index contributed by atoms with van der Waals surface area (Å²) < 4.78 is 0. The highest BCUT2D eigenvalue weighted by Gasteiger charge is 2.32. The summed E-state index contributed by atoms with van der Waals surface area (Å²) >= 11 is 6.03. The summed E-state index contributed by atoms with van der Waals surface area (Å²) in [7, 11) is 0. The van der Waals surface area contributed by atoms with Gasteiger partial charge in [-0.3, -0.25) is 0 Å². The lowest BCUT2D eigenvalue weighted by Gasteiger charge is -2.38. The molecule has 1 aliphatic carbocycles. The SMILES string of the molecule is CC(C)CC(C)(O)CNC1CC(c2cccc(Cl)c2)C1. The first-order chi connectivity index (χ1) is 9.35. The first-order valence-electron chi connectivity index (χ1n) is 7.57. The molecule has 0 amide bonds. The van der Waals surface area contributed by atoms with Crippen LogP contribution in [0.4, 0.5) is 0 Å². The highest BCUT2D eigenvalue weighted by molar-refractivity contribution is 6.30. The molecule has 0 heterocycles. The Morgan fingerprint density at radius 2 is 2.10 bits per heavy atom. The first kappa shape index (κ1) is 15.8. The van der Waals surface area contributed by atoms with Crippen LogP contribution in [-0.2, 0) is 0 Å². The quantitative estimate of drug-likeness (QED) is 0.832. The number of hydrogen-bond acceptors (Lipinski definition) is 2. The summed E-state index contributed by atoms with van der Waals surface area (Å²) in [6, 6.07) is 8.69. The number of nitrogens with one attached hydrogen (secondary N) is 1. The second-order valence-electron chi connectivity index (χ2n) is 6.90. The maximum atomic E-state index is 10.3. The van der Waals surface area contributed by atoms with E-state index in [2.05, 4.69) is 31.3 Å². The van der Waals surface area contributed by atoms with Crippen molar-refractivity contribution in [1.82, 2.24) is 5.32 Å². The zero-order valence-corrected chi connectivity index (χ0v) is 13.5. The molecule has 1 saturated carbocycles. The van der Waals surface area contributed by atoms with Crippen LogP contribution >= 0.6 is 11.6 Å². The summed E-state index contributed by atoms with van der Waals surface area (Å²) in [5.74, 6) is 1.13. The van der Waals surface area contributed by atoms with Crippen molar-refractivity contribution in [2.75, 3.05) is 6.54 Å². The van der Waals surface area contributed by atoms with Crippen LogP contribution in [0.2, 0.25) is 5.02 Å². The van der Waals surface area contributed by atoms with Gasteiger partial charge in [-0.1, -0.05) is 37.6 Å². The van der Waals surface area contributed by atoms with Crippen molar-refractivity contribution in [2.24, 2.45) is 5.92 Å². The maximum Gasteiger partial charge on any atom is 0.0746 e. The minimum absolute atomic E-state index is 0.521. The van der Waals surface area contributed by atoms with E-state index in [9.17, 15) is 5.11 Å². The zero-order chi connectivity index (χ0) is 14.8. The van der Waals surface area contributed by atoms with Gasteiger partial charge in [0.1, 0.15) is 0 Å². The van der Waals surface area contributed by atoms with Gasteiger partial charge in [-0.2, -0.15) is 0 Å². The molecule has 1 aromatic carbocycles. The normalized spacial score (nSPS) is 25.3. The fourth-order valence-corrected chi connectivity index (χ4v) is 3.33. The third-order valence-electron chi connectivity index (χ3n) is 4.08. The van der Waals surface area contributed by atoms with Crippen molar-refractivity contribution in [3.63, 3.8) is 0 Å². The Labute approximate surface area is 127 Å². The Morgan fingerprint density at radius 1 is 1.40 bits per heavy atom. The van der Waals surface area contributed by atoms with E-state index in [1.807, 2.05) is 19.1 Å². The van der Waals surface area contributed by atoms with Crippen molar-refractivity contribution < 1.29 is 5.11 Å². The van der Waals surface area contributed by atoms with E-state index in [-0.39, 0.29) is 0 Å². The Hall–Kier alpha value is -0.570. The highest BCUT2D eigenvalue weighted by atomic mass is 35.5. The van der Waals surface area contributed by atoms with Crippen molar-refractivity contribution >= 4 is 11.6 Å². The molecule has 3 heteroatoms. The average Bonchev–Trinajstić information content (AvgIpc) is 2.24. The summed E-state index contributed by atoms with van der Waals surface area (Å²) in [5.41, 5.74) is 0.736. The standard InChI is InChI=1S/C17H26ClNO/c1-12(2)10-17(3,20)11-19-16-8-14(9-16)13-5-4-6-15(18)7-13/h4-7,12,14,16,19-20H,8-11H2,1-3H3. The van der Waals surface area contributed by atoms with E-state index in [0.29, 0.717) is 24.4 Å². The molecular weight excluding hydrogens is 270 g/mol. The van der Waals surface area contributed by atoms with E-state index in [0.717, 1.165) is 24.3 Å². The summed E-state index contributed by atoms with van der Waals surface area (Å²) in [6.07, 6.45) is 3.11. The van der Waals surface area contributed by atoms with Gasteiger partial charge in [0.25, 0.3) is 0 Å². The number of rotatable bonds is 6. The highest BCUT2D eigenvalue weighted by Crippen LogP contribution is 2.37. The molecule has 1 aromatic rings. The third kappa shape index (κ3) is 4.47. The van der Waals surface area contributed by atoms with Gasteiger partial charge in [0.2, 0.25) is 0 Å². The number of aliphatic hydroxyl groups is 1. The lowest BCUT2D eigenvalue weighted by molar-refractivity contribution is 0.0320. The predicted molar refractivity (Wildman–Crippen MR) is 85.3 cm³/mol. The third-order valence-corrected chi connectivity index (χ3v) is 4.31. The van der Waals surface area contributed by atoms with Gasteiger partial charge in [-0.15, -0.1) is 0 Å². The number of halogens is 1. The van der Waals surface area contributed by atoms with Crippen LogP contribution in [0, 0.1) is 5.92 Å². The smallest absolute Gasteiger partial charge is 0.0746 e. The molecule has 0 aromatic heterocycles. The average molecular weight is 296 g/mol. The van der Waals surface area contributed by atoms with Gasteiger partial charge < -0.3 is 10.4 Å². The molecule has 1 aliphatic rings. The van der Waals surface area contributed by atoms with E-state index in [4.69, 9.17) is 11.6 Å². The summed E-state index contributed by atoms with van der Waals surface area (Å²) in [6.45, 7) is 6.89. The van der Waals surface area contributed by atoms with Crippen molar-refractivity contribution in [3.8, 4) is 0 Å². The molecule has 0 aliphatic heterocycles. The molecule has 1 atom stereocenters. The van der Waals surface area contributed by atoms with Gasteiger partial charge in [0, 0.05) is 17.6 Å². The molecule has 0 saturated heterocycles. The number of hydrogen-bond donors (Lipinski definition) is 2. The molecule has 2 nitrogen and oxygen atoms in total. The van der Waals surface area contributed by atoms with Crippen LogP contribution in [-0.4, -0.2) is 23.3 Å². The van der Waals surface area contributed by atoms with Crippen LogP contribution in [0.25, 0.3) is 0 Å². The first-order valence-corrected chi connectivity index (χ1v) is 7.95. The number of benzene rings is 1.